The van der Waals surface area contributed by atoms with Crippen molar-refractivity contribution >= 4 is 0 Å². The summed E-state index contributed by atoms with van der Waals surface area (Å²) in [6.07, 6.45) is 1.18. The zero-order valence-corrected chi connectivity index (χ0v) is 12.5. The van der Waals surface area contributed by atoms with E-state index in [2.05, 4.69) is 54.8 Å². The highest BCUT2D eigenvalue weighted by Gasteiger charge is 2.44. The predicted octanol–water partition coefficient (Wildman–Crippen LogP) is 3.31. The number of hydrogen-bond acceptors (Lipinski definition) is 3. The van der Waals surface area contributed by atoms with Crippen molar-refractivity contribution in [3.05, 3.63) is 65.2 Å². The van der Waals surface area contributed by atoms with Crippen LogP contribution in [0.3, 0.4) is 0 Å². The highest BCUT2D eigenvalue weighted by atomic mass is 16.5. The lowest BCUT2D eigenvalue weighted by Gasteiger charge is -2.19. The summed E-state index contributed by atoms with van der Waals surface area (Å²) in [7, 11) is 1.69. The number of nitrogens with one attached hydrogen (secondary N) is 1. The van der Waals surface area contributed by atoms with E-state index in [1.165, 1.54) is 23.1 Å². The fourth-order valence-corrected chi connectivity index (χ4v) is 3.23. The van der Waals surface area contributed by atoms with Crippen molar-refractivity contribution in [3.8, 4) is 5.75 Å². The summed E-state index contributed by atoms with van der Waals surface area (Å²) in [5, 5.41) is 0. The van der Waals surface area contributed by atoms with E-state index in [1.807, 2.05) is 6.07 Å². The van der Waals surface area contributed by atoms with E-state index in [1.54, 1.807) is 7.11 Å². The second-order valence-electron chi connectivity index (χ2n) is 5.78. The molecule has 0 aromatic heterocycles. The number of hydrazine groups is 1. The molecule has 110 valence electrons. The molecule has 1 aliphatic rings. The van der Waals surface area contributed by atoms with Crippen molar-refractivity contribution in [2.75, 3.05) is 7.11 Å². The predicted molar refractivity (Wildman–Crippen MR) is 85.1 cm³/mol. The highest BCUT2D eigenvalue weighted by Crippen LogP contribution is 2.54. The van der Waals surface area contributed by atoms with Crippen LogP contribution in [0.25, 0.3) is 0 Å². The summed E-state index contributed by atoms with van der Waals surface area (Å²) in [5.74, 6) is 7.90. The van der Waals surface area contributed by atoms with E-state index in [0.717, 1.165) is 5.75 Å². The number of nitrogens with two attached hydrogens (primary N) is 1. The first-order chi connectivity index (χ1) is 10.2. The number of ether oxygens (including phenoxy) is 1. The van der Waals surface area contributed by atoms with Crippen LogP contribution < -0.4 is 16.0 Å². The number of hydrogen-bond donors (Lipinski definition) is 2. The lowest BCUT2D eigenvalue weighted by atomic mass is 9.95. The average molecular weight is 282 g/mol. The van der Waals surface area contributed by atoms with Gasteiger partial charge >= 0.3 is 0 Å². The van der Waals surface area contributed by atoms with Gasteiger partial charge in [-0.05, 0) is 54.0 Å². The molecule has 0 spiro atoms. The second-order valence-corrected chi connectivity index (χ2v) is 5.78. The maximum Gasteiger partial charge on any atom is 0.119 e. The number of methoxy groups -OCH3 is 1. The van der Waals surface area contributed by atoms with E-state index in [9.17, 15) is 0 Å². The van der Waals surface area contributed by atoms with Crippen molar-refractivity contribution in [2.45, 2.75) is 25.3 Å². The highest BCUT2D eigenvalue weighted by molar-refractivity contribution is 5.39. The van der Waals surface area contributed by atoms with E-state index >= 15 is 0 Å². The van der Waals surface area contributed by atoms with E-state index < -0.39 is 0 Å². The van der Waals surface area contributed by atoms with Gasteiger partial charge in [-0.3, -0.25) is 11.3 Å². The summed E-state index contributed by atoms with van der Waals surface area (Å²) in [6, 6.07) is 17.1. The third-order valence-electron chi connectivity index (χ3n) is 4.49. The quantitative estimate of drug-likeness (QED) is 0.653. The Balaban J connectivity index is 1.81. The van der Waals surface area contributed by atoms with Crippen LogP contribution in [0.5, 0.6) is 5.75 Å². The minimum absolute atomic E-state index is 0.195. The number of aryl methyl sites for hydroxylation is 1. The topological polar surface area (TPSA) is 47.3 Å². The van der Waals surface area contributed by atoms with Gasteiger partial charge in [0.05, 0.1) is 7.11 Å². The smallest absolute Gasteiger partial charge is 0.119 e. The lowest BCUT2D eigenvalue weighted by molar-refractivity contribution is 0.413. The van der Waals surface area contributed by atoms with E-state index in [0.29, 0.717) is 11.8 Å². The molecule has 0 amide bonds. The molecular formula is C18H22N2O. The molecule has 3 N–H and O–H groups in total. The van der Waals surface area contributed by atoms with Gasteiger partial charge in [0.15, 0.2) is 0 Å². The van der Waals surface area contributed by atoms with Gasteiger partial charge in [0.2, 0.25) is 0 Å². The summed E-state index contributed by atoms with van der Waals surface area (Å²) in [6.45, 7) is 2.11. The van der Waals surface area contributed by atoms with Gasteiger partial charge < -0.3 is 4.74 Å². The Labute approximate surface area is 126 Å². The Morgan fingerprint density at radius 2 is 1.95 bits per heavy atom. The Morgan fingerprint density at radius 3 is 2.57 bits per heavy atom. The molecule has 0 heterocycles. The summed E-state index contributed by atoms with van der Waals surface area (Å²) < 4.78 is 5.28. The molecule has 0 radical (unpaired) electrons. The fraction of sp³-hybridized carbons (Fsp3) is 0.333. The van der Waals surface area contributed by atoms with Crippen molar-refractivity contribution in [1.29, 1.82) is 0 Å². The molecule has 21 heavy (non-hydrogen) atoms. The van der Waals surface area contributed by atoms with Crippen LogP contribution in [0.15, 0.2) is 48.5 Å². The van der Waals surface area contributed by atoms with Crippen LogP contribution in [-0.2, 0) is 0 Å². The van der Waals surface area contributed by atoms with Crippen LogP contribution in [0, 0.1) is 12.8 Å². The second kappa shape index (κ2) is 5.88. The average Bonchev–Trinajstić information content (AvgIpc) is 3.31. The molecule has 2 aromatic rings. The molecule has 3 nitrogen and oxygen atoms in total. The zero-order chi connectivity index (χ0) is 14.8. The zero-order valence-electron chi connectivity index (χ0n) is 12.5. The third-order valence-corrected chi connectivity index (χ3v) is 4.49. The largest absolute Gasteiger partial charge is 0.497 e. The minimum Gasteiger partial charge on any atom is -0.497 e. The fourth-order valence-electron chi connectivity index (χ4n) is 3.23. The monoisotopic (exact) mass is 282 g/mol. The van der Waals surface area contributed by atoms with Crippen molar-refractivity contribution in [1.82, 2.24) is 5.43 Å². The van der Waals surface area contributed by atoms with Gasteiger partial charge in [-0.2, -0.15) is 0 Å². The summed E-state index contributed by atoms with van der Waals surface area (Å²) in [4.78, 5) is 0. The standard InChI is InChI=1S/C18H22N2O/c1-12-10-14(21-2)8-9-15(12)18(20-19)17-11-16(17)13-6-4-3-5-7-13/h3-10,16-18,20H,11,19H2,1-2H3. The van der Waals surface area contributed by atoms with Gasteiger partial charge in [0.1, 0.15) is 5.75 Å². The molecule has 3 heteroatoms. The Bertz CT molecular complexity index is 612. The molecule has 3 unspecified atom stereocenters. The van der Waals surface area contributed by atoms with E-state index in [-0.39, 0.29) is 6.04 Å². The Morgan fingerprint density at radius 1 is 1.19 bits per heavy atom. The van der Waals surface area contributed by atoms with Gasteiger partial charge in [-0.25, -0.2) is 0 Å². The molecule has 1 aliphatic carbocycles. The van der Waals surface area contributed by atoms with Crippen LogP contribution in [0.4, 0.5) is 0 Å². The first-order valence-corrected chi connectivity index (χ1v) is 7.40. The van der Waals surface area contributed by atoms with Gasteiger partial charge in [-0.1, -0.05) is 36.4 Å². The molecule has 1 fully saturated rings. The lowest BCUT2D eigenvalue weighted by Crippen LogP contribution is -2.30. The van der Waals surface area contributed by atoms with Gasteiger partial charge in [-0.15, -0.1) is 0 Å². The molecule has 3 atom stereocenters. The Hall–Kier alpha value is -1.84. The van der Waals surface area contributed by atoms with E-state index in [4.69, 9.17) is 10.6 Å². The molecule has 0 aliphatic heterocycles. The molecular weight excluding hydrogens is 260 g/mol. The molecule has 3 rings (SSSR count). The first-order valence-electron chi connectivity index (χ1n) is 7.40. The number of benzene rings is 2. The maximum absolute atomic E-state index is 5.84. The van der Waals surface area contributed by atoms with Gasteiger partial charge in [0.25, 0.3) is 0 Å². The van der Waals surface area contributed by atoms with Gasteiger partial charge in [0, 0.05) is 6.04 Å². The van der Waals surface area contributed by atoms with Crippen LogP contribution in [-0.4, -0.2) is 7.11 Å². The van der Waals surface area contributed by atoms with Crippen LogP contribution in [0.1, 0.15) is 35.1 Å². The first kappa shape index (κ1) is 14.1. The third kappa shape index (κ3) is 2.80. The molecule has 1 saturated carbocycles. The summed E-state index contributed by atoms with van der Waals surface area (Å²) >= 11 is 0. The van der Waals surface area contributed by atoms with Crippen molar-refractivity contribution in [3.63, 3.8) is 0 Å². The van der Waals surface area contributed by atoms with Crippen molar-refractivity contribution in [2.24, 2.45) is 11.8 Å². The van der Waals surface area contributed by atoms with Crippen LogP contribution in [0.2, 0.25) is 0 Å². The summed E-state index contributed by atoms with van der Waals surface area (Å²) in [5.41, 5.74) is 6.91. The molecule has 0 saturated heterocycles. The maximum atomic E-state index is 5.84. The minimum atomic E-state index is 0.195. The van der Waals surface area contributed by atoms with Crippen molar-refractivity contribution < 1.29 is 4.74 Å². The Kier molecular flexibility index (Phi) is 3.95. The molecule has 0 bridgehead atoms. The number of rotatable bonds is 5. The molecule has 2 aromatic carbocycles. The SMILES string of the molecule is COc1ccc(C(NN)C2CC2c2ccccc2)c(C)c1. The normalized spacial score (nSPS) is 21.9. The van der Waals surface area contributed by atoms with Crippen LogP contribution >= 0.6 is 0 Å².